The molecule has 0 aliphatic rings. The molecular weight excluding hydrogens is 398 g/mol. The smallest absolute Gasteiger partial charge is 0.281 e. The van der Waals surface area contributed by atoms with E-state index in [4.69, 9.17) is 0 Å². The number of carbonyl (C=O) groups is 1. The van der Waals surface area contributed by atoms with Crippen LogP contribution in [-0.4, -0.2) is 21.8 Å². The van der Waals surface area contributed by atoms with Gasteiger partial charge in [-0.3, -0.25) is 4.79 Å². The molecule has 4 aromatic rings. The summed E-state index contributed by atoms with van der Waals surface area (Å²) >= 11 is 0. The van der Waals surface area contributed by atoms with Gasteiger partial charge in [0.25, 0.3) is 5.91 Å². The Labute approximate surface area is 187 Å². The number of nitrogens with one attached hydrogen (secondary N) is 1. The molecule has 0 fully saturated rings. The normalized spacial score (nSPS) is 11.7. The van der Waals surface area contributed by atoms with Gasteiger partial charge in [0.1, 0.15) is 0 Å². The number of hydrazone groups is 1. The highest BCUT2D eigenvalue weighted by molar-refractivity contribution is 6.01. The molecule has 2 N–H and O–H groups in total. The number of rotatable bonds is 7. The first-order chi connectivity index (χ1) is 15.6. The molecule has 4 rings (SSSR count). The Kier molecular flexibility index (Phi) is 6.01. The van der Waals surface area contributed by atoms with E-state index in [0.717, 1.165) is 22.2 Å². The fourth-order valence-corrected chi connectivity index (χ4v) is 4.01. The van der Waals surface area contributed by atoms with Gasteiger partial charge in [-0.2, -0.15) is 5.10 Å². The lowest BCUT2D eigenvalue weighted by Gasteiger charge is -2.27. The van der Waals surface area contributed by atoms with Crippen molar-refractivity contribution in [3.05, 3.63) is 120 Å². The SMILES string of the molecule is C=CCn1c(C)c(/C=N\NC(=O)C(O)(c2ccccc2)c2ccccc2)c2ccccc21. The van der Waals surface area contributed by atoms with Crippen LogP contribution in [-0.2, 0) is 16.9 Å². The molecule has 1 heterocycles. The number of nitrogens with zero attached hydrogens (tertiary/aromatic N) is 2. The number of aliphatic hydroxyl groups is 1. The highest BCUT2D eigenvalue weighted by Gasteiger charge is 2.39. The molecule has 0 aliphatic carbocycles. The molecule has 32 heavy (non-hydrogen) atoms. The van der Waals surface area contributed by atoms with E-state index in [0.29, 0.717) is 17.7 Å². The van der Waals surface area contributed by atoms with E-state index >= 15 is 0 Å². The van der Waals surface area contributed by atoms with Crippen molar-refractivity contribution in [1.29, 1.82) is 0 Å². The Hall–Kier alpha value is -3.96. The third-order valence-corrected chi connectivity index (χ3v) is 5.66. The highest BCUT2D eigenvalue weighted by atomic mass is 16.3. The monoisotopic (exact) mass is 423 g/mol. The first kappa shape index (κ1) is 21.3. The molecule has 5 heteroatoms. The van der Waals surface area contributed by atoms with Crippen LogP contribution < -0.4 is 5.43 Å². The van der Waals surface area contributed by atoms with Crippen LogP contribution in [0.15, 0.2) is 103 Å². The van der Waals surface area contributed by atoms with Gasteiger partial charge >= 0.3 is 0 Å². The maximum absolute atomic E-state index is 13.2. The second-order valence-corrected chi connectivity index (χ2v) is 7.56. The summed E-state index contributed by atoms with van der Waals surface area (Å²) in [7, 11) is 0. The lowest BCUT2D eigenvalue weighted by molar-refractivity contribution is -0.136. The van der Waals surface area contributed by atoms with Crippen LogP contribution >= 0.6 is 0 Å². The maximum atomic E-state index is 13.2. The Morgan fingerprint density at radius 2 is 1.56 bits per heavy atom. The van der Waals surface area contributed by atoms with Crippen LogP contribution in [0.25, 0.3) is 10.9 Å². The molecule has 0 saturated carbocycles. The van der Waals surface area contributed by atoms with E-state index in [1.165, 1.54) is 0 Å². The topological polar surface area (TPSA) is 66.6 Å². The summed E-state index contributed by atoms with van der Waals surface area (Å²) in [6.07, 6.45) is 3.48. The Morgan fingerprint density at radius 3 is 2.16 bits per heavy atom. The predicted octanol–water partition coefficient (Wildman–Crippen LogP) is 4.52. The van der Waals surface area contributed by atoms with Crippen molar-refractivity contribution in [2.24, 2.45) is 5.10 Å². The summed E-state index contributed by atoms with van der Waals surface area (Å²) in [5.74, 6) is -0.626. The largest absolute Gasteiger partial charge is 0.372 e. The minimum absolute atomic E-state index is 0.470. The zero-order chi connectivity index (χ0) is 22.6. The zero-order valence-corrected chi connectivity index (χ0v) is 17.9. The molecule has 3 aromatic carbocycles. The molecule has 0 radical (unpaired) electrons. The van der Waals surface area contributed by atoms with E-state index < -0.39 is 11.5 Å². The number of carbonyl (C=O) groups excluding carboxylic acids is 1. The van der Waals surface area contributed by atoms with Crippen molar-refractivity contribution in [2.45, 2.75) is 19.1 Å². The number of aromatic nitrogens is 1. The highest BCUT2D eigenvalue weighted by Crippen LogP contribution is 2.30. The summed E-state index contributed by atoms with van der Waals surface area (Å²) in [6.45, 7) is 6.53. The molecule has 0 saturated heterocycles. The van der Waals surface area contributed by atoms with Crippen molar-refractivity contribution in [3.63, 3.8) is 0 Å². The van der Waals surface area contributed by atoms with Crippen LogP contribution in [0.4, 0.5) is 0 Å². The van der Waals surface area contributed by atoms with Gasteiger partial charge in [-0.25, -0.2) is 5.43 Å². The van der Waals surface area contributed by atoms with Gasteiger partial charge in [0.2, 0.25) is 0 Å². The molecule has 0 spiro atoms. The maximum Gasteiger partial charge on any atom is 0.281 e. The van der Waals surface area contributed by atoms with Gasteiger partial charge in [0.15, 0.2) is 5.60 Å². The summed E-state index contributed by atoms with van der Waals surface area (Å²) in [5, 5.41) is 16.8. The van der Waals surface area contributed by atoms with E-state index in [-0.39, 0.29) is 0 Å². The minimum Gasteiger partial charge on any atom is -0.372 e. The van der Waals surface area contributed by atoms with Crippen molar-refractivity contribution < 1.29 is 9.90 Å². The van der Waals surface area contributed by atoms with Crippen LogP contribution in [0.2, 0.25) is 0 Å². The molecule has 5 nitrogen and oxygen atoms in total. The molecule has 1 aromatic heterocycles. The Balaban J connectivity index is 1.68. The van der Waals surface area contributed by atoms with Gasteiger partial charge in [-0.15, -0.1) is 6.58 Å². The number of para-hydroxylation sites is 1. The molecule has 0 aliphatic heterocycles. The molecule has 0 unspecified atom stereocenters. The lowest BCUT2D eigenvalue weighted by atomic mass is 9.85. The number of hydrogen-bond acceptors (Lipinski definition) is 3. The summed E-state index contributed by atoms with van der Waals surface area (Å²) in [5.41, 5.74) is 4.62. The third kappa shape index (κ3) is 3.74. The molecule has 1 amide bonds. The number of amides is 1. The molecular formula is C27H25N3O2. The van der Waals surface area contributed by atoms with Crippen LogP contribution in [0.1, 0.15) is 22.4 Å². The molecule has 0 bridgehead atoms. The van der Waals surface area contributed by atoms with Gasteiger partial charge in [-0.05, 0) is 24.1 Å². The summed E-state index contributed by atoms with van der Waals surface area (Å²) in [4.78, 5) is 13.2. The number of fused-ring (bicyclic) bond motifs is 1. The Morgan fingerprint density at radius 1 is 1.00 bits per heavy atom. The summed E-state index contributed by atoms with van der Waals surface area (Å²) < 4.78 is 2.15. The van der Waals surface area contributed by atoms with Gasteiger partial charge in [0.05, 0.1) is 6.21 Å². The third-order valence-electron chi connectivity index (χ3n) is 5.66. The fraction of sp³-hybridized carbons (Fsp3) is 0.111. The first-order valence-electron chi connectivity index (χ1n) is 10.4. The van der Waals surface area contributed by atoms with E-state index in [1.54, 1.807) is 54.7 Å². The van der Waals surface area contributed by atoms with E-state index in [9.17, 15) is 9.90 Å². The van der Waals surface area contributed by atoms with Crippen LogP contribution in [0.3, 0.4) is 0 Å². The van der Waals surface area contributed by atoms with Gasteiger partial charge in [0, 0.05) is 28.7 Å². The van der Waals surface area contributed by atoms with Crippen molar-refractivity contribution in [3.8, 4) is 0 Å². The number of hydrogen-bond donors (Lipinski definition) is 2. The minimum atomic E-state index is -1.87. The van der Waals surface area contributed by atoms with Gasteiger partial charge < -0.3 is 9.67 Å². The second-order valence-electron chi connectivity index (χ2n) is 7.56. The Bertz CT molecular complexity index is 1240. The first-order valence-corrected chi connectivity index (χ1v) is 10.4. The van der Waals surface area contributed by atoms with Crippen molar-refractivity contribution >= 4 is 23.0 Å². The fourth-order valence-electron chi connectivity index (χ4n) is 4.01. The van der Waals surface area contributed by atoms with Crippen molar-refractivity contribution in [2.75, 3.05) is 0 Å². The van der Waals surface area contributed by atoms with Crippen LogP contribution in [0, 0.1) is 6.92 Å². The second kappa shape index (κ2) is 9.04. The predicted molar refractivity (Wildman–Crippen MR) is 128 cm³/mol. The van der Waals surface area contributed by atoms with Crippen molar-refractivity contribution in [1.82, 2.24) is 9.99 Å². The summed E-state index contributed by atoms with van der Waals surface area (Å²) in [6, 6.07) is 25.8. The van der Waals surface area contributed by atoms with Gasteiger partial charge in [-0.1, -0.05) is 84.9 Å². The average molecular weight is 424 g/mol. The number of benzene rings is 3. The quantitative estimate of drug-likeness (QED) is 0.261. The average Bonchev–Trinajstić information content (AvgIpc) is 3.11. The van der Waals surface area contributed by atoms with Crippen LogP contribution in [0.5, 0.6) is 0 Å². The van der Waals surface area contributed by atoms with E-state index in [2.05, 4.69) is 21.7 Å². The molecule has 160 valence electrons. The lowest BCUT2D eigenvalue weighted by Crippen LogP contribution is -2.43. The molecule has 0 atom stereocenters. The number of allylic oxidation sites excluding steroid dienone is 1. The standard InChI is InChI=1S/C27H25N3O2/c1-3-18-30-20(2)24(23-16-10-11-17-25(23)30)19-28-29-26(31)27(32,21-12-6-4-7-13-21)22-14-8-5-9-15-22/h3-17,19,32H,1,18H2,2H3,(H,29,31)/b28-19-. The zero-order valence-electron chi connectivity index (χ0n) is 17.9. The van der Waals surface area contributed by atoms with E-state index in [1.807, 2.05) is 49.4 Å².